The lowest BCUT2D eigenvalue weighted by molar-refractivity contribution is 0.370. The average Bonchev–Trinajstić information content (AvgIpc) is 2.88. The van der Waals surface area contributed by atoms with Crippen LogP contribution in [0.25, 0.3) is 0 Å². The molecule has 0 saturated heterocycles. The van der Waals surface area contributed by atoms with Crippen molar-refractivity contribution in [3.8, 4) is 5.88 Å². The molecule has 0 unspecified atom stereocenters. The molecule has 2 aromatic heterocycles. The van der Waals surface area contributed by atoms with Gasteiger partial charge in [0.05, 0.1) is 7.11 Å². The van der Waals surface area contributed by atoms with Gasteiger partial charge < -0.3 is 15.0 Å². The molecule has 6 nitrogen and oxygen atoms in total. The van der Waals surface area contributed by atoms with Crippen LogP contribution in [-0.4, -0.2) is 28.8 Å². The minimum Gasteiger partial charge on any atom is -0.481 e. The number of unbranched alkanes of at least 4 members (excludes halogenated alkanes) is 1. The molecule has 0 radical (unpaired) electrons. The van der Waals surface area contributed by atoms with Crippen LogP contribution < -0.4 is 10.5 Å². The van der Waals surface area contributed by atoms with Gasteiger partial charge in [-0.1, -0.05) is 11.2 Å². The highest BCUT2D eigenvalue weighted by molar-refractivity contribution is 5.20. The van der Waals surface area contributed by atoms with Crippen molar-refractivity contribution in [2.24, 2.45) is 5.73 Å². The van der Waals surface area contributed by atoms with Gasteiger partial charge in [-0.25, -0.2) is 4.98 Å². The van der Waals surface area contributed by atoms with Gasteiger partial charge in [0.1, 0.15) is 0 Å². The Labute approximate surface area is 112 Å². The second-order valence-corrected chi connectivity index (χ2v) is 4.24. The van der Waals surface area contributed by atoms with Gasteiger partial charge in [-0.3, -0.25) is 0 Å². The predicted molar refractivity (Wildman–Crippen MR) is 69.9 cm³/mol. The molecule has 102 valence electrons. The first kappa shape index (κ1) is 13.5. The van der Waals surface area contributed by atoms with E-state index in [2.05, 4.69) is 15.1 Å². The number of aryl methyl sites for hydroxylation is 1. The largest absolute Gasteiger partial charge is 0.481 e. The van der Waals surface area contributed by atoms with Gasteiger partial charge in [0.15, 0.2) is 5.82 Å². The van der Waals surface area contributed by atoms with Gasteiger partial charge in [0, 0.05) is 25.1 Å². The summed E-state index contributed by atoms with van der Waals surface area (Å²) in [6, 6.07) is 3.76. The standard InChI is InChI=1S/C13H18N4O2/c1-18-12-6-5-10(9-15-12)8-11-16-13(19-17-11)4-2-3-7-14/h5-6,9H,2-4,7-8,14H2,1H3. The minimum absolute atomic E-state index is 0.597. The Morgan fingerprint density at radius 2 is 2.21 bits per heavy atom. The Morgan fingerprint density at radius 3 is 2.89 bits per heavy atom. The van der Waals surface area contributed by atoms with Crippen LogP contribution in [0.1, 0.15) is 30.1 Å². The third-order valence-electron chi connectivity index (χ3n) is 2.72. The molecule has 2 heterocycles. The topological polar surface area (TPSA) is 87.1 Å². The first-order chi connectivity index (χ1) is 9.31. The summed E-state index contributed by atoms with van der Waals surface area (Å²) in [7, 11) is 1.59. The van der Waals surface area contributed by atoms with Crippen molar-refractivity contribution in [2.45, 2.75) is 25.7 Å². The van der Waals surface area contributed by atoms with Crippen molar-refractivity contribution in [3.05, 3.63) is 35.6 Å². The Balaban J connectivity index is 1.91. The Morgan fingerprint density at radius 1 is 1.32 bits per heavy atom. The van der Waals surface area contributed by atoms with E-state index in [4.69, 9.17) is 15.0 Å². The van der Waals surface area contributed by atoms with Crippen LogP contribution in [0.3, 0.4) is 0 Å². The summed E-state index contributed by atoms with van der Waals surface area (Å²) in [6.45, 7) is 0.693. The molecule has 0 saturated carbocycles. The molecule has 6 heteroatoms. The van der Waals surface area contributed by atoms with E-state index in [1.54, 1.807) is 13.3 Å². The summed E-state index contributed by atoms with van der Waals surface area (Å²) >= 11 is 0. The highest BCUT2D eigenvalue weighted by atomic mass is 16.5. The third kappa shape index (κ3) is 4.03. The molecule has 0 bridgehead atoms. The number of hydrogen-bond acceptors (Lipinski definition) is 6. The van der Waals surface area contributed by atoms with Gasteiger partial charge in [-0.05, 0) is 24.9 Å². The highest BCUT2D eigenvalue weighted by Gasteiger charge is 2.07. The summed E-state index contributed by atoms with van der Waals surface area (Å²) in [5, 5.41) is 3.96. The van der Waals surface area contributed by atoms with Crippen molar-refractivity contribution in [1.82, 2.24) is 15.1 Å². The molecule has 0 aliphatic heterocycles. The van der Waals surface area contributed by atoms with Crippen LogP contribution in [0.5, 0.6) is 5.88 Å². The van der Waals surface area contributed by atoms with E-state index in [1.165, 1.54) is 0 Å². The second kappa shape index (κ2) is 6.84. The first-order valence-electron chi connectivity index (χ1n) is 6.32. The Bertz CT molecular complexity index is 496. The number of nitrogens with two attached hydrogens (primary N) is 1. The van der Waals surface area contributed by atoms with Crippen LogP contribution in [0.15, 0.2) is 22.9 Å². The molecule has 19 heavy (non-hydrogen) atoms. The molecule has 0 aliphatic rings. The van der Waals surface area contributed by atoms with Gasteiger partial charge in [-0.15, -0.1) is 0 Å². The second-order valence-electron chi connectivity index (χ2n) is 4.24. The van der Waals surface area contributed by atoms with Crippen LogP contribution in [0.4, 0.5) is 0 Å². The summed E-state index contributed by atoms with van der Waals surface area (Å²) in [5.41, 5.74) is 6.46. The molecular weight excluding hydrogens is 244 g/mol. The number of hydrogen-bond donors (Lipinski definition) is 1. The molecule has 0 aromatic carbocycles. The zero-order valence-electron chi connectivity index (χ0n) is 11.0. The number of rotatable bonds is 7. The fraction of sp³-hybridized carbons (Fsp3) is 0.462. The molecule has 2 rings (SSSR count). The van der Waals surface area contributed by atoms with Gasteiger partial charge in [0.25, 0.3) is 0 Å². The molecule has 0 atom stereocenters. The number of nitrogens with zero attached hydrogens (tertiary/aromatic N) is 3. The number of pyridine rings is 1. The normalized spacial score (nSPS) is 10.6. The van der Waals surface area contributed by atoms with Crippen molar-refractivity contribution >= 4 is 0 Å². The van der Waals surface area contributed by atoms with E-state index in [9.17, 15) is 0 Å². The number of ether oxygens (including phenoxy) is 1. The average molecular weight is 262 g/mol. The lowest BCUT2D eigenvalue weighted by Crippen LogP contribution is -1.99. The lowest BCUT2D eigenvalue weighted by Gasteiger charge is -1.99. The van der Waals surface area contributed by atoms with Crippen LogP contribution in [0, 0.1) is 0 Å². The third-order valence-corrected chi connectivity index (χ3v) is 2.72. The molecule has 2 aromatic rings. The zero-order valence-corrected chi connectivity index (χ0v) is 11.0. The molecule has 0 aliphatic carbocycles. The quantitative estimate of drug-likeness (QED) is 0.758. The molecule has 0 fully saturated rings. The van der Waals surface area contributed by atoms with E-state index in [0.717, 1.165) is 24.8 Å². The van der Waals surface area contributed by atoms with Crippen molar-refractivity contribution in [3.63, 3.8) is 0 Å². The van der Waals surface area contributed by atoms with Crippen molar-refractivity contribution in [1.29, 1.82) is 0 Å². The van der Waals surface area contributed by atoms with Crippen LogP contribution in [-0.2, 0) is 12.8 Å². The summed E-state index contributed by atoms with van der Waals surface area (Å²) in [4.78, 5) is 8.48. The van der Waals surface area contributed by atoms with Crippen molar-refractivity contribution < 1.29 is 9.26 Å². The fourth-order valence-corrected chi connectivity index (χ4v) is 1.70. The SMILES string of the molecule is COc1ccc(Cc2noc(CCCCN)n2)cn1. The Kier molecular flexibility index (Phi) is 4.85. The van der Waals surface area contributed by atoms with Gasteiger partial charge in [0.2, 0.25) is 11.8 Å². The predicted octanol–water partition coefficient (Wildman–Crippen LogP) is 1.35. The maximum Gasteiger partial charge on any atom is 0.226 e. The summed E-state index contributed by atoms with van der Waals surface area (Å²) in [6.07, 6.45) is 5.09. The minimum atomic E-state index is 0.597. The summed E-state index contributed by atoms with van der Waals surface area (Å²) < 4.78 is 10.2. The van der Waals surface area contributed by atoms with Gasteiger partial charge >= 0.3 is 0 Å². The molecule has 2 N–H and O–H groups in total. The number of aromatic nitrogens is 3. The molecule has 0 amide bonds. The summed E-state index contributed by atoms with van der Waals surface area (Å²) in [5.74, 6) is 1.94. The van der Waals surface area contributed by atoms with Crippen molar-refractivity contribution in [2.75, 3.05) is 13.7 Å². The maximum atomic E-state index is 5.44. The van der Waals surface area contributed by atoms with E-state index in [1.807, 2.05) is 12.1 Å². The Hall–Kier alpha value is -1.95. The highest BCUT2D eigenvalue weighted by Crippen LogP contribution is 2.11. The van der Waals surface area contributed by atoms with E-state index in [0.29, 0.717) is 30.6 Å². The van der Waals surface area contributed by atoms with E-state index in [-0.39, 0.29) is 0 Å². The van der Waals surface area contributed by atoms with Gasteiger partial charge in [-0.2, -0.15) is 4.98 Å². The monoisotopic (exact) mass is 262 g/mol. The van der Waals surface area contributed by atoms with Crippen LogP contribution in [0.2, 0.25) is 0 Å². The van der Waals surface area contributed by atoms with E-state index < -0.39 is 0 Å². The van der Waals surface area contributed by atoms with Crippen LogP contribution >= 0.6 is 0 Å². The smallest absolute Gasteiger partial charge is 0.226 e. The zero-order chi connectivity index (χ0) is 13.5. The fourth-order valence-electron chi connectivity index (χ4n) is 1.70. The van der Waals surface area contributed by atoms with E-state index >= 15 is 0 Å². The number of methoxy groups -OCH3 is 1. The molecule has 0 spiro atoms. The first-order valence-corrected chi connectivity index (χ1v) is 6.32. The molecular formula is C13H18N4O2. The maximum absolute atomic E-state index is 5.44. The lowest BCUT2D eigenvalue weighted by atomic mass is 10.2.